The molecule has 9 heteroatoms. The van der Waals surface area contributed by atoms with Gasteiger partial charge in [0, 0.05) is 18.7 Å². The highest BCUT2D eigenvalue weighted by Gasteiger charge is 2.42. The summed E-state index contributed by atoms with van der Waals surface area (Å²) in [5.41, 5.74) is 0.324. The van der Waals surface area contributed by atoms with E-state index in [9.17, 15) is 14.7 Å². The first kappa shape index (κ1) is 26.4. The van der Waals surface area contributed by atoms with Crippen LogP contribution in [0.4, 0.5) is 0 Å². The standard InChI is InChI=1S/C30H30N2O7/c1-36-23-12-8-21(9-13-23)30(20-6-4-3-5-7-20,22-10-14-24(37-2)15-11-22)38-19-26-25(33)18-28(39-26)32-27(34)16-17-31-29(32)35/h3-17,25-26,28,33H,18-19H2,1-2H3,(H,31,35)/t25-,26+,28+/m0/s1. The van der Waals surface area contributed by atoms with Crippen molar-refractivity contribution < 1.29 is 24.1 Å². The van der Waals surface area contributed by atoms with E-state index in [1.54, 1.807) is 14.2 Å². The smallest absolute Gasteiger partial charge is 0.330 e. The van der Waals surface area contributed by atoms with Gasteiger partial charge in [0.1, 0.15) is 29.4 Å². The van der Waals surface area contributed by atoms with Gasteiger partial charge in [0.15, 0.2) is 0 Å². The monoisotopic (exact) mass is 530 g/mol. The van der Waals surface area contributed by atoms with Crippen LogP contribution in [0.5, 0.6) is 11.5 Å². The van der Waals surface area contributed by atoms with E-state index >= 15 is 0 Å². The largest absolute Gasteiger partial charge is 0.497 e. The number of aromatic amines is 1. The number of aliphatic hydroxyl groups is 1. The second-order valence-corrected chi connectivity index (χ2v) is 9.24. The number of ether oxygens (including phenoxy) is 4. The molecule has 0 radical (unpaired) electrons. The lowest BCUT2D eigenvalue weighted by atomic mass is 9.80. The van der Waals surface area contributed by atoms with Gasteiger partial charge in [-0.3, -0.25) is 4.79 Å². The number of nitrogens with one attached hydrogen (secondary N) is 1. The van der Waals surface area contributed by atoms with Crippen LogP contribution in [0.25, 0.3) is 0 Å². The fourth-order valence-electron chi connectivity index (χ4n) is 5.01. The third kappa shape index (κ3) is 5.12. The summed E-state index contributed by atoms with van der Waals surface area (Å²) < 4.78 is 24.6. The summed E-state index contributed by atoms with van der Waals surface area (Å²) in [5.74, 6) is 1.40. The zero-order valence-corrected chi connectivity index (χ0v) is 21.7. The first-order chi connectivity index (χ1) is 19.0. The number of aliphatic hydroxyl groups excluding tert-OH is 1. The molecule has 202 valence electrons. The number of H-pyrrole nitrogens is 1. The fraction of sp³-hybridized carbons (Fsp3) is 0.267. The van der Waals surface area contributed by atoms with Gasteiger partial charge in [0.25, 0.3) is 5.56 Å². The van der Waals surface area contributed by atoms with Crippen molar-refractivity contribution in [3.63, 3.8) is 0 Å². The van der Waals surface area contributed by atoms with E-state index in [0.717, 1.165) is 21.3 Å². The summed E-state index contributed by atoms with van der Waals surface area (Å²) in [6.07, 6.45) is -1.31. The molecule has 1 fully saturated rings. The molecule has 9 nitrogen and oxygen atoms in total. The zero-order chi connectivity index (χ0) is 27.4. The summed E-state index contributed by atoms with van der Waals surface area (Å²) in [6.45, 7) is -0.0237. The molecule has 1 aromatic heterocycles. The minimum atomic E-state index is -1.10. The van der Waals surface area contributed by atoms with E-state index < -0.39 is 35.3 Å². The van der Waals surface area contributed by atoms with Crippen LogP contribution in [0, 0.1) is 0 Å². The van der Waals surface area contributed by atoms with Crippen LogP contribution < -0.4 is 20.7 Å². The van der Waals surface area contributed by atoms with Crippen LogP contribution in [0.1, 0.15) is 29.3 Å². The Kier molecular flexibility index (Phi) is 7.65. The first-order valence-corrected chi connectivity index (χ1v) is 12.6. The summed E-state index contributed by atoms with van der Waals surface area (Å²) in [5, 5.41) is 10.9. The lowest BCUT2D eigenvalue weighted by Gasteiger charge is -2.37. The third-order valence-electron chi connectivity index (χ3n) is 7.02. The summed E-state index contributed by atoms with van der Waals surface area (Å²) in [7, 11) is 3.22. The van der Waals surface area contributed by atoms with Crippen LogP contribution in [0.3, 0.4) is 0 Å². The summed E-state index contributed by atoms with van der Waals surface area (Å²) in [6, 6.07) is 26.2. The highest BCUT2D eigenvalue weighted by molar-refractivity contribution is 5.49. The summed E-state index contributed by atoms with van der Waals surface area (Å²) >= 11 is 0. The van der Waals surface area contributed by atoms with Crippen molar-refractivity contribution in [3.8, 4) is 11.5 Å². The Morgan fingerprint density at radius 3 is 1.97 bits per heavy atom. The SMILES string of the molecule is COc1ccc(C(OC[C@H]2O[C@@H](n3c(=O)cc[nH]c3=O)C[C@@H]2O)(c2ccccc2)c2ccc(OC)cc2)cc1. The molecule has 0 aliphatic carbocycles. The Bertz CT molecular complexity index is 1420. The number of nitrogens with zero attached hydrogens (tertiary/aromatic N) is 1. The van der Waals surface area contributed by atoms with Crippen molar-refractivity contribution in [2.75, 3.05) is 20.8 Å². The maximum Gasteiger partial charge on any atom is 0.330 e. The fourth-order valence-corrected chi connectivity index (χ4v) is 5.01. The van der Waals surface area contributed by atoms with E-state index in [-0.39, 0.29) is 13.0 Å². The topological polar surface area (TPSA) is 112 Å². The Morgan fingerprint density at radius 2 is 1.44 bits per heavy atom. The number of hydrogen-bond donors (Lipinski definition) is 2. The molecule has 1 aliphatic heterocycles. The Hall–Kier alpha value is -4.18. The van der Waals surface area contributed by atoms with E-state index in [4.69, 9.17) is 18.9 Å². The lowest BCUT2D eigenvalue weighted by Crippen LogP contribution is -2.39. The van der Waals surface area contributed by atoms with E-state index in [2.05, 4.69) is 4.98 Å². The minimum Gasteiger partial charge on any atom is -0.497 e. The van der Waals surface area contributed by atoms with Crippen LogP contribution in [0.15, 0.2) is 101 Å². The average Bonchev–Trinajstić information content (AvgIpc) is 3.34. The predicted octanol–water partition coefficient (Wildman–Crippen LogP) is 3.21. The van der Waals surface area contributed by atoms with Gasteiger partial charge in [-0.05, 0) is 41.0 Å². The van der Waals surface area contributed by atoms with Gasteiger partial charge in [-0.2, -0.15) is 0 Å². The molecule has 39 heavy (non-hydrogen) atoms. The summed E-state index contributed by atoms with van der Waals surface area (Å²) in [4.78, 5) is 27.1. The maximum atomic E-state index is 12.3. The predicted molar refractivity (Wildman–Crippen MR) is 144 cm³/mol. The van der Waals surface area contributed by atoms with Gasteiger partial charge in [0.2, 0.25) is 0 Å². The van der Waals surface area contributed by atoms with Gasteiger partial charge in [0.05, 0.1) is 26.9 Å². The molecular weight excluding hydrogens is 500 g/mol. The number of hydrogen-bond acceptors (Lipinski definition) is 7. The highest BCUT2D eigenvalue weighted by atomic mass is 16.6. The molecule has 1 aliphatic rings. The second kappa shape index (κ2) is 11.3. The molecule has 2 N–H and O–H groups in total. The molecule has 0 spiro atoms. The van der Waals surface area contributed by atoms with E-state index in [1.165, 1.54) is 12.3 Å². The molecule has 1 saturated heterocycles. The van der Waals surface area contributed by atoms with Crippen LogP contribution in [0.2, 0.25) is 0 Å². The number of benzene rings is 3. The van der Waals surface area contributed by atoms with E-state index in [1.807, 2.05) is 78.9 Å². The van der Waals surface area contributed by atoms with Crippen molar-refractivity contribution in [2.24, 2.45) is 0 Å². The van der Waals surface area contributed by atoms with Crippen LogP contribution >= 0.6 is 0 Å². The minimum absolute atomic E-state index is 0.0237. The molecule has 0 unspecified atom stereocenters. The van der Waals surface area contributed by atoms with Crippen molar-refractivity contribution in [2.45, 2.75) is 30.5 Å². The second-order valence-electron chi connectivity index (χ2n) is 9.24. The number of aromatic nitrogens is 2. The maximum absolute atomic E-state index is 12.3. The number of methoxy groups -OCH3 is 2. The molecule has 3 aromatic carbocycles. The zero-order valence-electron chi connectivity index (χ0n) is 21.7. The van der Waals surface area contributed by atoms with Gasteiger partial charge in [-0.25, -0.2) is 9.36 Å². The Morgan fingerprint density at radius 1 is 0.872 bits per heavy atom. The van der Waals surface area contributed by atoms with Gasteiger partial charge >= 0.3 is 5.69 Å². The first-order valence-electron chi connectivity index (χ1n) is 12.6. The van der Waals surface area contributed by atoms with E-state index in [0.29, 0.717) is 11.5 Å². The Balaban J connectivity index is 1.55. The van der Waals surface area contributed by atoms with Crippen molar-refractivity contribution in [3.05, 3.63) is 129 Å². The lowest BCUT2D eigenvalue weighted by molar-refractivity contribution is -0.0949. The van der Waals surface area contributed by atoms with Crippen molar-refractivity contribution >= 4 is 0 Å². The Labute approximate surface area is 225 Å². The molecule has 3 atom stereocenters. The molecule has 0 saturated carbocycles. The van der Waals surface area contributed by atoms with Crippen molar-refractivity contribution in [1.29, 1.82) is 0 Å². The number of rotatable bonds is 9. The third-order valence-corrected chi connectivity index (χ3v) is 7.02. The molecule has 0 amide bonds. The highest BCUT2D eigenvalue weighted by Crippen LogP contribution is 2.42. The van der Waals surface area contributed by atoms with Gasteiger partial charge in [-0.1, -0.05) is 54.6 Å². The van der Waals surface area contributed by atoms with Crippen LogP contribution in [-0.2, 0) is 15.1 Å². The van der Waals surface area contributed by atoms with Gasteiger partial charge < -0.3 is 29.0 Å². The van der Waals surface area contributed by atoms with Crippen molar-refractivity contribution in [1.82, 2.24) is 9.55 Å². The van der Waals surface area contributed by atoms with Gasteiger partial charge in [-0.15, -0.1) is 0 Å². The molecular formula is C30H30N2O7. The van der Waals surface area contributed by atoms with Crippen LogP contribution in [-0.4, -0.2) is 47.7 Å². The molecule has 0 bridgehead atoms. The normalized spacial score (nSPS) is 19.1. The molecule has 5 rings (SSSR count). The average molecular weight is 531 g/mol. The quantitative estimate of drug-likeness (QED) is 0.320. The molecule has 2 heterocycles. The molecule has 4 aromatic rings.